The molecule has 0 aromatic heterocycles. The summed E-state index contributed by atoms with van der Waals surface area (Å²) in [5, 5.41) is 12.6. The molecule has 5 heteroatoms. The van der Waals surface area contributed by atoms with Crippen molar-refractivity contribution in [3.63, 3.8) is 0 Å². The van der Waals surface area contributed by atoms with E-state index >= 15 is 0 Å². The summed E-state index contributed by atoms with van der Waals surface area (Å²) in [6.45, 7) is 0.111. The van der Waals surface area contributed by atoms with Crippen LogP contribution < -0.4 is 5.32 Å². The number of hydrogen-bond acceptors (Lipinski definition) is 3. The molecule has 0 spiro atoms. The molecule has 0 saturated heterocycles. The van der Waals surface area contributed by atoms with Crippen LogP contribution in [0.5, 0.6) is 0 Å². The van der Waals surface area contributed by atoms with E-state index < -0.39 is 6.10 Å². The van der Waals surface area contributed by atoms with Gasteiger partial charge in [0.15, 0.2) is 0 Å². The van der Waals surface area contributed by atoms with Gasteiger partial charge in [-0.1, -0.05) is 30.3 Å². The van der Waals surface area contributed by atoms with Gasteiger partial charge in [0.05, 0.1) is 11.9 Å². The molecule has 0 saturated carbocycles. The van der Waals surface area contributed by atoms with Gasteiger partial charge in [-0.15, -0.1) is 11.8 Å². The van der Waals surface area contributed by atoms with Crippen molar-refractivity contribution in [2.45, 2.75) is 11.0 Å². The SMILES string of the molecule is O=C(CSc1ccccc1)NCC(O)c1ccc(F)cc1. The molecule has 0 aliphatic carbocycles. The zero-order chi connectivity index (χ0) is 15.1. The van der Waals surface area contributed by atoms with E-state index in [4.69, 9.17) is 0 Å². The minimum atomic E-state index is -0.837. The maximum atomic E-state index is 12.8. The van der Waals surface area contributed by atoms with Crippen molar-refractivity contribution in [2.24, 2.45) is 0 Å². The van der Waals surface area contributed by atoms with Crippen molar-refractivity contribution in [1.29, 1.82) is 0 Å². The fourth-order valence-electron chi connectivity index (χ4n) is 1.73. The topological polar surface area (TPSA) is 49.3 Å². The predicted octanol–water partition coefficient (Wildman–Crippen LogP) is 2.77. The molecule has 0 fully saturated rings. The summed E-state index contributed by atoms with van der Waals surface area (Å²) in [4.78, 5) is 12.7. The number of halogens is 1. The van der Waals surface area contributed by atoms with Gasteiger partial charge in [-0.25, -0.2) is 4.39 Å². The monoisotopic (exact) mass is 305 g/mol. The fraction of sp³-hybridized carbons (Fsp3) is 0.188. The first kappa shape index (κ1) is 15.5. The summed E-state index contributed by atoms with van der Waals surface area (Å²) in [5.74, 6) is -0.209. The maximum absolute atomic E-state index is 12.8. The molecule has 1 unspecified atom stereocenters. The molecule has 0 bridgehead atoms. The summed E-state index contributed by atoms with van der Waals surface area (Å²) in [7, 11) is 0. The smallest absolute Gasteiger partial charge is 0.230 e. The second-order valence-corrected chi connectivity index (χ2v) is 5.52. The van der Waals surface area contributed by atoms with Gasteiger partial charge in [0.25, 0.3) is 0 Å². The highest BCUT2D eigenvalue weighted by atomic mass is 32.2. The molecule has 1 amide bonds. The molecule has 0 radical (unpaired) electrons. The van der Waals surface area contributed by atoms with Gasteiger partial charge >= 0.3 is 0 Å². The van der Waals surface area contributed by atoms with E-state index in [-0.39, 0.29) is 18.3 Å². The average molecular weight is 305 g/mol. The van der Waals surface area contributed by atoms with Crippen molar-refractivity contribution in [2.75, 3.05) is 12.3 Å². The van der Waals surface area contributed by atoms with Crippen molar-refractivity contribution >= 4 is 17.7 Å². The highest BCUT2D eigenvalue weighted by Crippen LogP contribution is 2.16. The Morgan fingerprint density at radius 3 is 2.48 bits per heavy atom. The summed E-state index contributed by atoms with van der Waals surface area (Å²) in [6, 6.07) is 15.2. The molecule has 110 valence electrons. The molecule has 2 aromatic rings. The first-order valence-corrected chi connectivity index (χ1v) is 7.52. The number of carbonyl (C=O) groups is 1. The van der Waals surface area contributed by atoms with Crippen LogP contribution in [0.15, 0.2) is 59.5 Å². The minimum Gasteiger partial charge on any atom is -0.387 e. The average Bonchev–Trinajstić information content (AvgIpc) is 2.52. The van der Waals surface area contributed by atoms with E-state index in [1.807, 2.05) is 30.3 Å². The number of carbonyl (C=O) groups excluding carboxylic acids is 1. The lowest BCUT2D eigenvalue weighted by Crippen LogP contribution is -2.29. The van der Waals surface area contributed by atoms with Crippen LogP contribution in [-0.2, 0) is 4.79 Å². The van der Waals surface area contributed by atoms with Crippen LogP contribution in [0.3, 0.4) is 0 Å². The van der Waals surface area contributed by atoms with Gasteiger partial charge in [-0.2, -0.15) is 0 Å². The van der Waals surface area contributed by atoms with Crippen LogP contribution in [0.25, 0.3) is 0 Å². The first-order valence-electron chi connectivity index (χ1n) is 6.53. The second kappa shape index (κ2) is 7.81. The van der Waals surface area contributed by atoms with Gasteiger partial charge in [0, 0.05) is 11.4 Å². The molecule has 2 aromatic carbocycles. The van der Waals surface area contributed by atoms with E-state index in [1.54, 1.807) is 0 Å². The standard InChI is InChI=1S/C16H16FNO2S/c17-13-8-6-12(7-9-13)15(19)10-18-16(20)11-21-14-4-2-1-3-5-14/h1-9,15,19H,10-11H2,(H,18,20). The van der Waals surface area contributed by atoms with Crippen molar-refractivity contribution in [3.05, 3.63) is 66.0 Å². The Morgan fingerprint density at radius 1 is 1.14 bits per heavy atom. The van der Waals surface area contributed by atoms with Gasteiger partial charge < -0.3 is 10.4 Å². The summed E-state index contributed by atoms with van der Waals surface area (Å²) in [5.41, 5.74) is 0.576. The van der Waals surface area contributed by atoms with Gasteiger partial charge in [0.2, 0.25) is 5.91 Å². The molecule has 21 heavy (non-hydrogen) atoms. The number of nitrogens with one attached hydrogen (secondary N) is 1. The van der Waals surface area contributed by atoms with Gasteiger partial charge in [-0.05, 0) is 29.8 Å². The molecule has 2 N–H and O–H groups in total. The lowest BCUT2D eigenvalue weighted by atomic mass is 10.1. The molecule has 0 aliphatic heterocycles. The molecular weight excluding hydrogens is 289 g/mol. The molecule has 0 heterocycles. The highest BCUT2D eigenvalue weighted by Gasteiger charge is 2.09. The first-order chi connectivity index (χ1) is 10.1. The minimum absolute atomic E-state index is 0.111. The van der Waals surface area contributed by atoms with Crippen LogP contribution in [0.4, 0.5) is 4.39 Å². The van der Waals surface area contributed by atoms with E-state index in [2.05, 4.69) is 5.32 Å². The van der Waals surface area contributed by atoms with Gasteiger partial charge in [-0.3, -0.25) is 4.79 Å². The van der Waals surface area contributed by atoms with E-state index in [9.17, 15) is 14.3 Å². The van der Waals surface area contributed by atoms with Crippen molar-refractivity contribution in [1.82, 2.24) is 5.32 Å². The summed E-state index contributed by atoms with van der Waals surface area (Å²) >= 11 is 1.43. The molecular formula is C16H16FNO2S. The quantitative estimate of drug-likeness (QED) is 0.807. The second-order valence-electron chi connectivity index (χ2n) is 4.47. The summed E-state index contributed by atoms with van der Waals surface area (Å²) in [6.07, 6.45) is -0.837. The highest BCUT2D eigenvalue weighted by molar-refractivity contribution is 8.00. The van der Waals surface area contributed by atoms with Crippen molar-refractivity contribution in [3.8, 4) is 0 Å². The lowest BCUT2D eigenvalue weighted by molar-refractivity contribution is -0.119. The molecule has 1 atom stereocenters. The molecule has 2 rings (SSSR count). The van der Waals surface area contributed by atoms with Crippen LogP contribution in [0, 0.1) is 5.82 Å². The predicted molar refractivity (Wildman–Crippen MR) is 81.5 cm³/mol. The Balaban J connectivity index is 1.74. The molecule has 0 aliphatic rings. The Labute approximate surface area is 127 Å². The van der Waals surface area contributed by atoms with Crippen molar-refractivity contribution < 1.29 is 14.3 Å². The largest absolute Gasteiger partial charge is 0.387 e. The lowest BCUT2D eigenvalue weighted by Gasteiger charge is -2.12. The number of rotatable bonds is 6. The Kier molecular flexibility index (Phi) is 5.78. The third-order valence-corrected chi connectivity index (χ3v) is 3.87. The fourth-order valence-corrected chi connectivity index (χ4v) is 2.48. The molecule has 3 nitrogen and oxygen atoms in total. The van der Waals surface area contributed by atoms with Crippen LogP contribution >= 0.6 is 11.8 Å². The zero-order valence-electron chi connectivity index (χ0n) is 11.3. The number of aliphatic hydroxyl groups excluding tert-OH is 1. The van der Waals surface area contributed by atoms with Gasteiger partial charge in [0.1, 0.15) is 5.82 Å². The third-order valence-electron chi connectivity index (χ3n) is 2.86. The van der Waals surface area contributed by atoms with Crippen LogP contribution in [-0.4, -0.2) is 23.3 Å². The number of hydrogen-bond donors (Lipinski definition) is 2. The Morgan fingerprint density at radius 2 is 1.81 bits per heavy atom. The number of amides is 1. The van der Waals surface area contributed by atoms with Crippen LogP contribution in [0.2, 0.25) is 0 Å². The zero-order valence-corrected chi connectivity index (χ0v) is 12.1. The van der Waals surface area contributed by atoms with Crippen LogP contribution in [0.1, 0.15) is 11.7 Å². The number of thioether (sulfide) groups is 1. The number of benzene rings is 2. The summed E-state index contributed by atoms with van der Waals surface area (Å²) < 4.78 is 12.8. The number of aliphatic hydroxyl groups is 1. The Bertz CT molecular complexity index is 575. The van der Waals surface area contributed by atoms with E-state index in [0.717, 1.165) is 4.90 Å². The third kappa shape index (κ3) is 5.21. The Hall–Kier alpha value is -1.85. The maximum Gasteiger partial charge on any atom is 0.230 e. The van der Waals surface area contributed by atoms with E-state index in [1.165, 1.54) is 36.0 Å². The normalized spacial score (nSPS) is 11.9. The van der Waals surface area contributed by atoms with E-state index in [0.29, 0.717) is 11.3 Å².